The Kier molecular flexibility index (Phi) is 6.43. The van der Waals surface area contributed by atoms with Crippen LogP contribution in [0.4, 0.5) is 11.6 Å². The Balaban J connectivity index is 1.51. The van der Waals surface area contributed by atoms with Gasteiger partial charge in [0.1, 0.15) is 24.7 Å². The van der Waals surface area contributed by atoms with E-state index in [9.17, 15) is 0 Å². The molecule has 5 rings (SSSR count). The quantitative estimate of drug-likeness (QED) is 0.582. The summed E-state index contributed by atoms with van der Waals surface area (Å²) in [6, 6.07) is 12.3. The molecule has 8 heteroatoms. The van der Waals surface area contributed by atoms with Gasteiger partial charge in [-0.2, -0.15) is 0 Å². The molecule has 0 fully saturated rings. The third-order valence-corrected chi connectivity index (χ3v) is 6.51. The van der Waals surface area contributed by atoms with E-state index in [1.807, 2.05) is 30.5 Å². The van der Waals surface area contributed by atoms with Crippen LogP contribution in [0.25, 0.3) is 11.3 Å². The molecule has 0 radical (unpaired) electrons. The SMILES string of the molecule is NCCSc1ccc2cc1OCCOCCOc1ccc3c(c1)-c1nc(ncc1CC3)N2. The number of ether oxygens (including phenoxy) is 3. The van der Waals surface area contributed by atoms with Crippen molar-refractivity contribution in [2.75, 3.05) is 44.0 Å². The molecule has 1 aliphatic heterocycles. The topological polar surface area (TPSA) is 91.5 Å². The fraction of sp³-hybridized carbons (Fsp3) is 0.333. The molecule has 6 bridgehead atoms. The number of aryl methyl sites for hydroxylation is 2. The van der Waals surface area contributed by atoms with Crippen molar-refractivity contribution in [1.29, 1.82) is 0 Å². The summed E-state index contributed by atoms with van der Waals surface area (Å²) in [6.45, 7) is 2.53. The molecule has 32 heavy (non-hydrogen) atoms. The van der Waals surface area contributed by atoms with E-state index in [4.69, 9.17) is 24.9 Å². The van der Waals surface area contributed by atoms with Gasteiger partial charge in [-0.25, -0.2) is 9.97 Å². The van der Waals surface area contributed by atoms with Crippen molar-refractivity contribution in [3.63, 3.8) is 0 Å². The van der Waals surface area contributed by atoms with Crippen molar-refractivity contribution < 1.29 is 14.2 Å². The minimum absolute atomic E-state index is 0.452. The maximum Gasteiger partial charge on any atom is 0.227 e. The normalized spacial score (nSPS) is 15.3. The fourth-order valence-corrected chi connectivity index (χ4v) is 4.65. The number of hydrogen-bond donors (Lipinski definition) is 2. The van der Waals surface area contributed by atoms with Gasteiger partial charge in [-0.15, -0.1) is 11.8 Å². The second kappa shape index (κ2) is 9.77. The van der Waals surface area contributed by atoms with Gasteiger partial charge in [-0.3, -0.25) is 0 Å². The molecule has 1 aromatic heterocycles. The third-order valence-electron chi connectivity index (χ3n) is 5.42. The minimum Gasteiger partial charge on any atom is -0.491 e. The number of thioether (sulfide) groups is 1. The summed E-state index contributed by atoms with van der Waals surface area (Å²) >= 11 is 1.68. The zero-order valence-corrected chi connectivity index (χ0v) is 18.6. The lowest BCUT2D eigenvalue weighted by Crippen LogP contribution is -2.12. The molecule has 2 heterocycles. The highest BCUT2D eigenvalue weighted by molar-refractivity contribution is 7.99. The number of fused-ring (bicyclic) bond motifs is 4. The molecule has 166 valence electrons. The molecule has 2 aliphatic rings. The van der Waals surface area contributed by atoms with Crippen molar-refractivity contribution in [1.82, 2.24) is 9.97 Å². The summed E-state index contributed by atoms with van der Waals surface area (Å²) in [5.41, 5.74) is 11.1. The maximum absolute atomic E-state index is 6.03. The predicted octanol–water partition coefficient (Wildman–Crippen LogP) is 3.82. The molecule has 1 aliphatic carbocycles. The molecule has 3 N–H and O–H groups in total. The molecule has 0 amide bonds. The number of nitrogens with two attached hydrogens (primary N) is 1. The van der Waals surface area contributed by atoms with E-state index in [0.29, 0.717) is 38.9 Å². The first-order valence-corrected chi connectivity index (χ1v) is 11.9. The average Bonchev–Trinajstić information content (AvgIpc) is 2.82. The van der Waals surface area contributed by atoms with Crippen molar-refractivity contribution in [3.05, 3.63) is 53.7 Å². The molecule has 0 unspecified atom stereocenters. The summed E-state index contributed by atoms with van der Waals surface area (Å²) in [4.78, 5) is 10.5. The number of hydrogen-bond acceptors (Lipinski definition) is 8. The van der Waals surface area contributed by atoms with Gasteiger partial charge in [-0.05, 0) is 48.2 Å². The number of anilines is 2. The van der Waals surface area contributed by atoms with E-state index in [-0.39, 0.29) is 0 Å². The van der Waals surface area contributed by atoms with Crippen LogP contribution >= 0.6 is 11.8 Å². The third kappa shape index (κ3) is 4.67. The van der Waals surface area contributed by atoms with E-state index < -0.39 is 0 Å². The summed E-state index contributed by atoms with van der Waals surface area (Å²) < 4.78 is 17.7. The van der Waals surface area contributed by atoms with Crippen LogP contribution in [0.5, 0.6) is 11.5 Å². The lowest BCUT2D eigenvalue weighted by molar-refractivity contribution is 0.0758. The lowest BCUT2D eigenvalue weighted by atomic mass is 9.90. The standard InChI is InChI=1S/C24H26N4O3S/c25-7-12-32-22-6-4-18-13-21(22)31-11-9-29-8-10-30-19-5-3-16-1-2-17-15-26-24(27-18)28-23(17)20(16)14-19/h3-6,13-15H,1-2,7-12,25H2,(H,26,27,28). The summed E-state index contributed by atoms with van der Waals surface area (Å²) in [5, 5.41) is 3.34. The second-order valence-electron chi connectivity index (χ2n) is 7.62. The Morgan fingerprint density at radius 3 is 2.75 bits per heavy atom. The molecule has 7 nitrogen and oxygen atoms in total. The highest BCUT2D eigenvalue weighted by Crippen LogP contribution is 2.36. The molecule has 2 aromatic carbocycles. The van der Waals surface area contributed by atoms with Gasteiger partial charge in [0.2, 0.25) is 5.95 Å². The first-order chi connectivity index (χ1) is 15.8. The first-order valence-electron chi connectivity index (χ1n) is 10.9. The largest absolute Gasteiger partial charge is 0.491 e. The molecular formula is C24H26N4O3S. The van der Waals surface area contributed by atoms with Gasteiger partial charge >= 0.3 is 0 Å². The highest BCUT2D eigenvalue weighted by Gasteiger charge is 2.20. The van der Waals surface area contributed by atoms with Crippen LogP contribution in [0, 0.1) is 0 Å². The average molecular weight is 451 g/mol. The van der Waals surface area contributed by atoms with Crippen molar-refractivity contribution in [2.45, 2.75) is 17.7 Å². The van der Waals surface area contributed by atoms with Gasteiger partial charge in [0.05, 0.1) is 18.9 Å². The Morgan fingerprint density at radius 1 is 0.969 bits per heavy atom. The molecule has 0 saturated heterocycles. The molecule has 3 aromatic rings. The summed E-state index contributed by atoms with van der Waals surface area (Å²) in [5.74, 6) is 3.00. The second-order valence-corrected chi connectivity index (χ2v) is 8.76. The molecule has 0 spiro atoms. The van der Waals surface area contributed by atoms with Gasteiger partial charge in [0.15, 0.2) is 0 Å². The molecule has 0 saturated carbocycles. The van der Waals surface area contributed by atoms with E-state index in [1.54, 1.807) is 11.8 Å². The van der Waals surface area contributed by atoms with E-state index in [2.05, 4.69) is 22.4 Å². The number of nitrogens with one attached hydrogen (secondary N) is 1. The van der Waals surface area contributed by atoms with Crippen LogP contribution in [-0.2, 0) is 17.6 Å². The van der Waals surface area contributed by atoms with Crippen molar-refractivity contribution in [2.24, 2.45) is 5.73 Å². The Labute approximate surface area is 191 Å². The highest BCUT2D eigenvalue weighted by atomic mass is 32.2. The van der Waals surface area contributed by atoms with Gasteiger partial charge in [0, 0.05) is 40.7 Å². The monoisotopic (exact) mass is 450 g/mol. The van der Waals surface area contributed by atoms with Crippen LogP contribution in [0.2, 0.25) is 0 Å². The van der Waals surface area contributed by atoms with Gasteiger partial charge < -0.3 is 25.3 Å². The van der Waals surface area contributed by atoms with Crippen LogP contribution in [-0.4, -0.2) is 48.7 Å². The molecule has 0 atom stereocenters. The number of aromatic nitrogens is 2. The van der Waals surface area contributed by atoms with Crippen molar-refractivity contribution >= 4 is 23.4 Å². The zero-order chi connectivity index (χ0) is 21.8. The Hall–Kier alpha value is -2.81. The van der Waals surface area contributed by atoms with E-state index in [1.165, 1.54) is 5.56 Å². The summed E-state index contributed by atoms with van der Waals surface area (Å²) in [6.07, 6.45) is 3.83. The van der Waals surface area contributed by atoms with Crippen LogP contribution < -0.4 is 20.5 Å². The smallest absolute Gasteiger partial charge is 0.227 e. The van der Waals surface area contributed by atoms with Gasteiger partial charge in [0.25, 0.3) is 0 Å². The molecular weight excluding hydrogens is 424 g/mol. The van der Waals surface area contributed by atoms with Gasteiger partial charge in [-0.1, -0.05) is 6.07 Å². The fourth-order valence-electron chi connectivity index (χ4n) is 3.88. The lowest BCUT2D eigenvalue weighted by Gasteiger charge is -2.20. The zero-order valence-electron chi connectivity index (χ0n) is 17.8. The van der Waals surface area contributed by atoms with E-state index >= 15 is 0 Å². The number of benzene rings is 2. The minimum atomic E-state index is 0.452. The van der Waals surface area contributed by atoms with Crippen LogP contribution in [0.3, 0.4) is 0 Å². The number of rotatable bonds is 3. The Morgan fingerprint density at radius 2 is 1.84 bits per heavy atom. The first kappa shape index (κ1) is 21.1. The maximum atomic E-state index is 6.03. The summed E-state index contributed by atoms with van der Waals surface area (Å²) in [7, 11) is 0. The Bertz CT molecular complexity index is 1110. The van der Waals surface area contributed by atoms with E-state index in [0.717, 1.165) is 57.5 Å². The van der Waals surface area contributed by atoms with Crippen LogP contribution in [0.1, 0.15) is 11.1 Å². The predicted molar refractivity (Wildman–Crippen MR) is 126 cm³/mol. The number of nitrogens with zero attached hydrogens (tertiary/aromatic N) is 2. The van der Waals surface area contributed by atoms with Crippen molar-refractivity contribution in [3.8, 4) is 22.8 Å². The van der Waals surface area contributed by atoms with Crippen LogP contribution in [0.15, 0.2) is 47.5 Å².